The van der Waals surface area contributed by atoms with Crippen LogP contribution in [0.2, 0.25) is 0 Å². The maximum atomic E-state index is 5.98. The van der Waals surface area contributed by atoms with Crippen LogP contribution >= 0.6 is 27.4 Å². The first kappa shape index (κ1) is 21.0. The fraction of sp³-hybridized carbons (Fsp3) is 0.0952. The van der Waals surface area contributed by atoms with Crippen molar-refractivity contribution in [1.29, 1.82) is 0 Å². The molecule has 0 spiro atoms. The van der Waals surface area contributed by atoms with Crippen LogP contribution in [0.25, 0.3) is 11.1 Å². The lowest BCUT2D eigenvalue weighted by Gasteiger charge is -2.19. The molecule has 9 heteroatoms. The second-order valence-electron chi connectivity index (χ2n) is 6.37. The van der Waals surface area contributed by atoms with Crippen molar-refractivity contribution in [2.24, 2.45) is 5.10 Å². The number of hydrogen-bond donors (Lipinski definition) is 0. The first-order valence-electron chi connectivity index (χ1n) is 8.96. The van der Waals surface area contributed by atoms with E-state index in [0.29, 0.717) is 17.2 Å². The zero-order valence-corrected chi connectivity index (χ0v) is 19.0. The van der Waals surface area contributed by atoms with Gasteiger partial charge in [-0.15, -0.1) is 0 Å². The summed E-state index contributed by atoms with van der Waals surface area (Å²) in [5, 5.41) is 4.17. The van der Waals surface area contributed by atoms with Crippen molar-refractivity contribution < 1.29 is 14.2 Å². The van der Waals surface area contributed by atoms with E-state index in [2.05, 4.69) is 5.10 Å². The van der Waals surface area contributed by atoms with Crippen molar-refractivity contribution >= 4 is 45.4 Å². The molecule has 0 aliphatic carbocycles. The van der Waals surface area contributed by atoms with E-state index in [1.54, 1.807) is 25.4 Å². The predicted molar refractivity (Wildman–Crippen MR) is 125 cm³/mol. The third-order valence-electron chi connectivity index (χ3n) is 4.33. The van der Waals surface area contributed by atoms with Gasteiger partial charge >= 0.3 is 6.48 Å². The number of ether oxygens (including phenoxy) is 3. The van der Waals surface area contributed by atoms with Crippen LogP contribution in [-0.2, 0) is 11.8 Å². The van der Waals surface area contributed by atoms with Crippen molar-refractivity contribution in [3.63, 3.8) is 0 Å². The van der Waals surface area contributed by atoms with Gasteiger partial charge in [-0.25, -0.2) is 4.78 Å². The molecule has 3 aromatic carbocycles. The van der Waals surface area contributed by atoms with Gasteiger partial charge in [-0.05, 0) is 76.3 Å². The van der Waals surface area contributed by atoms with Gasteiger partial charge in [0.05, 0.1) is 6.21 Å². The largest absolute Gasteiger partial charge is 0.423 e. The van der Waals surface area contributed by atoms with E-state index in [1.165, 1.54) is 4.78 Å². The van der Waals surface area contributed by atoms with Gasteiger partial charge in [0.2, 0.25) is 4.89 Å². The van der Waals surface area contributed by atoms with Gasteiger partial charge in [0, 0.05) is 18.2 Å². The maximum Gasteiger partial charge on any atom is 0.406 e. The van der Waals surface area contributed by atoms with Gasteiger partial charge in [-0.1, -0.05) is 36.4 Å². The molecule has 1 heterocycles. The van der Waals surface area contributed by atoms with Gasteiger partial charge in [-0.2, -0.15) is 5.10 Å². The molecule has 4 rings (SSSR count). The van der Waals surface area contributed by atoms with E-state index < -0.39 is 11.4 Å². The molecule has 0 radical (unpaired) electrons. The van der Waals surface area contributed by atoms with Crippen molar-refractivity contribution in [1.82, 2.24) is 4.78 Å². The average Bonchev–Trinajstić information content (AvgIpc) is 2.88. The van der Waals surface area contributed by atoms with Gasteiger partial charge in [0.15, 0.2) is 0 Å². The Morgan fingerprint density at radius 3 is 2.00 bits per heavy atom. The highest BCUT2D eigenvalue weighted by molar-refractivity contribution is 8.37. The predicted octanol–water partition coefficient (Wildman–Crippen LogP) is 6.46. The highest BCUT2D eigenvalue weighted by atomic mass is 35.9. The zero-order valence-electron chi connectivity index (χ0n) is 15.8. The fourth-order valence-corrected chi connectivity index (χ4v) is 3.35. The van der Waals surface area contributed by atoms with Crippen molar-refractivity contribution in [3.8, 4) is 28.4 Å². The lowest BCUT2D eigenvalue weighted by atomic mass is 10.0. The molecule has 1 aliphatic rings. The zero-order chi connectivity index (χ0) is 21.1. The molecule has 154 valence electrons. The molecule has 0 saturated carbocycles. The van der Waals surface area contributed by atoms with Gasteiger partial charge in [0.1, 0.15) is 17.2 Å². The summed E-state index contributed by atoms with van der Waals surface area (Å²) in [4.78, 5) is -2.63. The Morgan fingerprint density at radius 1 is 0.933 bits per heavy atom. The number of hydrogen-bond acceptors (Lipinski definition) is 5. The standard InChI is InChI=1S/C21H17Cl2N2O3PS/c1-25(29(22,23)30)24-14-15-10-12-16(13-11-15)26-21-27-19-8-4-2-6-17(19)18-7-3-5-9-20(18)28-21/h2-14,21H,1H3/b24-14-. The lowest BCUT2D eigenvalue weighted by Crippen LogP contribution is -2.29. The quantitative estimate of drug-likeness (QED) is 0.239. The van der Waals surface area contributed by atoms with Crippen LogP contribution in [0.3, 0.4) is 0 Å². The van der Waals surface area contributed by atoms with Gasteiger partial charge in [0.25, 0.3) is 0 Å². The molecule has 0 atom stereocenters. The Balaban J connectivity index is 1.51. The Hall–Kier alpha value is -2.24. The minimum atomic E-state index is -2.63. The topological polar surface area (TPSA) is 43.3 Å². The molecule has 30 heavy (non-hydrogen) atoms. The minimum Gasteiger partial charge on any atom is -0.423 e. The van der Waals surface area contributed by atoms with Crippen molar-refractivity contribution in [3.05, 3.63) is 78.4 Å². The smallest absolute Gasteiger partial charge is 0.406 e. The third-order valence-corrected chi connectivity index (χ3v) is 7.13. The van der Waals surface area contributed by atoms with Gasteiger partial charge < -0.3 is 14.2 Å². The molecule has 0 fully saturated rings. The summed E-state index contributed by atoms with van der Waals surface area (Å²) in [7, 11) is 1.64. The van der Waals surface area contributed by atoms with E-state index in [1.807, 2.05) is 60.7 Å². The summed E-state index contributed by atoms with van der Waals surface area (Å²) >= 11 is 16.9. The van der Waals surface area contributed by atoms with Gasteiger partial charge in [-0.3, -0.25) is 0 Å². The molecule has 3 aromatic rings. The molecular formula is C21H17Cl2N2O3PS. The number of nitrogens with zero attached hydrogens (tertiary/aromatic N) is 2. The maximum absolute atomic E-state index is 5.98. The SMILES string of the molecule is CN(/N=C\c1ccc(OC2Oc3ccccc3-c3ccccc3O2)cc1)P(=S)(Cl)Cl. The highest BCUT2D eigenvalue weighted by Crippen LogP contribution is 2.59. The second-order valence-corrected chi connectivity index (χ2v) is 14.1. The van der Waals surface area contributed by atoms with Crippen LogP contribution in [0, 0.1) is 0 Å². The molecule has 0 unspecified atom stereocenters. The average molecular weight is 479 g/mol. The number of hydrazone groups is 1. The Kier molecular flexibility index (Phi) is 6.21. The molecular weight excluding hydrogens is 462 g/mol. The number of rotatable bonds is 5. The van der Waals surface area contributed by atoms with Crippen LogP contribution in [0.4, 0.5) is 0 Å². The van der Waals surface area contributed by atoms with Crippen LogP contribution in [0.1, 0.15) is 5.56 Å². The summed E-state index contributed by atoms with van der Waals surface area (Å²) in [6.07, 6.45) is 1.63. The van der Waals surface area contributed by atoms with Crippen LogP contribution < -0.4 is 14.2 Å². The van der Waals surface area contributed by atoms with Crippen LogP contribution in [-0.4, -0.2) is 24.5 Å². The van der Waals surface area contributed by atoms with Crippen LogP contribution in [0.15, 0.2) is 77.9 Å². The normalized spacial score (nSPS) is 13.6. The Bertz CT molecular complexity index is 1070. The molecule has 0 saturated heterocycles. The Labute approximate surface area is 189 Å². The molecule has 1 aliphatic heterocycles. The molecule has 0 amide bonds. The summed E-state index contributed by atoms with van der Waals surface area (Å²) in [5.41, 5.74) is 2.74. The highest BCUT2D eigenvalue weighted by Gasteiger charge is 2.24. The van der Waals surface area contributed by atoms with E-state index in [9.17, 15) is 0 Å². The summed E-state index contributed by atoms with van der Waals surface area (Å²) in [6, 6.07) is 22.8. The summed E-state index contributed by atoms with van der Waals surface area (Å²) in [5.74, 6) is 1.97. The third kappa shape index (κ3) is 4.90. The number of fused-ring (bicyclic) bond motifs is 3. The summed E-state index contributed by atoms with van der Waals surface area (Å²) in [6.45, 7) is -0.932. The first-order valence-corrected chi connectivity index (χ1v) is 13.5. The number of halogens is 2. The van der Waals surface area contributed by atoms with E-state index in [0.717, 1.165) is 16.7 Å². The van der Waals surface area contributed by atoms with Crippen molar-refractivity contribution in [2.45, 2.75) is 6.48 Å². The molecule has 0 bridgehead atoms. The monoisotopic (exact) mass is 478 g/mol. The van der Waals surface area contributed by atoms with E-state index in [4.69, 9.17) is 48.5 Å². The van der Waals surface area contributed by atoms with Crippen molar-refractivity contribution in [2.75, 3.05) is 7.05 Å². The van der Waals surface area contributed by atoms with Crippen LogP contribution in [0.5, 0.6) is 17.2 Å². The number of benzene rings is 3. The Morgan fingerprint density at radius 2 is 1.47 bits per heavy atom. The molecule has 5 nitrogen and oxygen atoms in total. The summed E-state index contributed by atoms with van der Waals surface area (Å²) < 4.78 is 19.3. The molecule has 0 N–H and O–H groups in total. The number of para-hydroxylation sites is 2. The second kappa shape index (κ2) is 8.86. The van der Waals surface area contributed by atoms with E-state index in [-0.39, 0.29) is 0 Å². The first-order chi connectivity index (χ1) is 14.4. The molecule has 0 aromatic heterocycles. The fourth-order valence-electron chi connectivity index (χ4n) is 2.82. The minimum absolute atomic E-state index is 0.585. The lowest BCUT2D eigenvalue weighted by molar-refractivity contribution is -0.138. The van der Waals surface area contributed by atoms with E-state index >= 15 is 0 Å².